The summed E-state index contributed by atoms with van der Waals surface area (Å²) in [7, 11) is 0. The highest BCUT2D eigenvalue weighted by Gasteiger charge is 2.20. The molecule has 1 aromatic carbocycles. The first kappa shape index (κ1) is 12.9. The maximum Gasteiger partial charge on any atom is 0.153 e. The fourth-order valence-corrected chi connectivity index (χ4v) is 1.79. The topological polar surface area (TPSA) is 35.5 Å². The van der Waals surface area contributed by atoms with E-state index < -0.39 is 0 Å². The van der Waals surface area contributed by atoms with Gasteiger partial charge in [-0.3, -0.25) is 4.79 Å². The van der Waals surface area contributed by atoms with Crippen LogP contribution in [0.1, 0.15) is 43.0 Å². The molecule has 1 fully saturated rings. The van der Waals surface area contributed by atoms with E-state index in [-0.39, 0.29) is 0 Å². The number of hydrogen-bond acceptors (Lipinski definition) is 3. The van der Waals surface area contributed by atoms with E-state index in [0.29, 0.717) is 24.5 Å². The molecule has 0 unspecified atom stereocenters. The first-order valence-electron chi connectivity index (χ1n) is 6.68. The van der Waals surface area contributed by atoms with E-state index >= 15 is 0 Å². The fourth-order valence-electron chi connectivity index (χ4n) is 1.79. The van der Waals surface area contributed by atoms with Crippen LogP contribution in [0.15, 0.2) is 18.2 Å². The third kappa shape index (κ3) is 3.76. The van der Waals surface area contributed by atoms with Crippen LogP contribution in [-0.4, -0.2) is 19.5 Å². The first-order valence-corrected chi connectivity index (χ1v) is 6.68. The number of carbonyl (C=O) groups excluding carboxylic acids is 1. The fraction of sp³-hybridized carbons (Fsp3) is 0.533. The summed E-state index contributed by atoms with van der Waals surface area (Å²) in [5.74, 6) is 2.24. The molecule has 3 nitrogen and oxygen atoms in total. The van der Waals surface area contributed by atoms with Crippen molar-refractivity contribution in [2.75, 3.05) is 13.2 Å². The van der Waals surface area contributed by atoms with E-state index in [9.17, 15) is 4.79 Å². The van der Waals surface area contributed by atoms with E-state index in [1.807, 2.05) is 12.1 Å². The molecule has 0 amide bonds. The maximum atomic E-state index is 10.9. The van der Waals surface area contributed by atoms with Crippen LogP contribution in [0.25, 0.3) is 0 Å². The molecule has 0 aromatic heterocycles. The van der Waals surface area contributed by atoms with Crippen LogP contribution in [0, 0.1) is 5.92 Å². The van der Waals surface area contributed by atoms with Gasteiger partial charge in [0.25, 0.3) is 0 Å². The molecule has 1 aliphatic rings. The number of rotatable bonds is 8. The number of ether oxygens (including phenoxy) is 2. The lowest BCUT2D eigenvalue weighted by molar-refractivity contribution is 0.111. The van der Waals surface area contributed by atoms with Crippen LogP contribution >= 0.6 is 0 Å². The molecule has 0 aliphatic heterocycles. The molecule has 1 aliphatic carbocycles. The van der Waals surface area contributed by atoms with Crippen molar-refractivity contribution in [2.45, 2.75) is 32.6 Å². The summed E-state index contributed by atoms with van der Waals surface area (Å²) >= 11 is 0. The highest BCUT2D eigenvalue weighted by atomic mass is 16.5. The zero-order valence-electron chi connectivity index (χ0n) is 10.9. The average Bonchev–Trinajstić information content (AvgIpc) is 3.20. The summed E-state index contributed by atoms with van der Waals surface area (Å²) in [6.45, 7) is 3.43. The van der Waals surface area contributed by atoms with Gasteiger partial charge >= 0.3 is 0 Å². The molecular weight excluding hydrogens is 228 g/mol. The third-order valence-electron chi connectivity index (χ3n) is 3.07. The predicted octanol–water partition coefficient (Wildman–Crippen LogP) is 3.47. The van der Waals surface area contributed by atoms with Gasteiger partial charge in [0.05, 0.1) is 18.8 Å². The normalized spacial score (nSPS) is 14.3. The second kappa shape index (κ2) is 6.43. The van der Waals surface area contributed by atoms with Gasteiger partial charge in [-0.2, -0.15) is 0 Å². The van der Waals surface area contributed by atoms with Gasteiger partial charge in [0.15, 0.2) is 6.29 Å². The molecule has 18 heavy (non-hydrogen) atoms. The number of benzene rings is 1. The summed E-state index contributed by atoms with van der Waals surface area (Å²) < 4.78 is 11.2. The van der Waals surface area contributed by atoms with Crippen LogP contribution in [0.5, 0.6) is 11.5 Å². The predicted molar refractivity (Wildman–Crippen MR) is 70.5 cm³/mol. The van der Waals surface area contributed by atoms with Gasteiger partial charge in [-0.1, -0.05) is 19.8 Å². The SMILES string of the molecule is CCCOc1ccc(C=O)c(OCCC2CC2)c1. The average molecular weight is 248 g/mol. The van der Waals surface area contributed by atoms with E-state index in [0.717, 1.165) is 30.8 Å². The Kier molecular flexibility index (Phi) is 4.62. The Balaban J connectivity index is 1.96. The molecule has 0 N–H and O–H groups in total. The highest BCUT2D eigenvalue weighted by Crippen LogP contribution is 2.32. The van der Waals surface area contributed by atoms with Crippen molar-refractivity contribution in [1.82, 2.24) is 0 Å². The Morgan fingerprint density at radius 1 is 1.28 bits per heavy atom. The molecule has 1 saturated carbocycles. The molecule has 3 heteroatoms. The van der Waals surface area contributed by atoms with Gasteiger partial charge in [-0.05, 0) is 30.9 Å². The lowest BCUT2D eigenvalue weighted by Crippen LogP contribution is -2.02. The molecule has 0 spiro atoms. The van der Waals surface area contributed by atoms with Crippen molar-refractivity contribution in [2.24, 2.45) is 5.92 Å². The third-order valence-corrected chi connectivity index (χ3v) is 3.07. The second-order valence-electron chi connectivity index (χ2n) is 4.75. The van der Waals surface area contributed by atoms with Gasteiger partial charge in [-0.25, -0.2) is 0 Å². The largest absolute Gasteiger partial charge is 0.493 e. The molecule has 2 rings (SSSR count). The maximum absolute atomic E-state index is 10.9. The van der Waals surface area contributed by atoms with Crippen LogP contribution in [-0.2, 0) is 0 Å². The van der Waals surface area contributed by atoms with Crippen LogP contribution < -0.4 is 9.47 Å². The van der Waals surface area contributed by atoms with Gasteiger partial charge in [0, 0.05) is 6.07 Å². The van der Waals surface area contributed by atoms with E-state index in [1.165, 1.54) is 12.8 Å². The van der Waals surface area contributed by atoms with E-state index in [4.69, 9.17) is 9.47 Å². The molecule has 1 aromatic rings. The van der Waals surface area contributed by atoms with Crippen LogP contribution in [0.2, 0.25) is 0 Å². The number of carbonyl (C=O) groups is 1. The van der Waals surface area contributed by atoms with Crippen LogP contribution in [0.3, 0.4) is 0 Å². The minimum absolute atomic E-state index is 0.592. The molecule has 0 saturated heterocycles. The Morgan fingerprint density at radius 3 is 2.78 bits per heavy atom. The second-order valence-corrected chi connectivity index (χ2v) is 4.75. The van der Waals surface area contributed by atoms with Gasteiger partial charge in [0.1, 0.15) is 11.5 Å². The Morgan fingerprint density at radius 2 is 2.11 bits per heavy atom. The molecule has 0 radical (unpaired) electrons. The number of aldehydes is 1. The molecule has 0 bridgehead atoms. The molecule has 98 valence electrons. The van der Waals surface area contributed by atoms with Crippen molar-refractivity contribution in [3.63, 3.8) is 0 Å². The highest BCUT2D eigenvalue weighted by molar-refractivity contribution is 5.79. The van der Waals surface area contributed by atoms with Crippen molar-refractivity contribution in [1.29, 1.82) is 0 Å². The smallest absolute Gasteiger partial charge is 0.153 e. The zero-order valence-corrected chi connectivity index (χ0v) is 10.9. The van der Waals surface area contributed by atoms with Crippen molar-refractivity contribution in [3.05, 3.63) is 23.8 Å². The van der Waals surface area contributed by atoms with Crippen LogP contribution in [0.4, 0.5) is 0 Å². The minimum Gasteiger partial charge on any atom is -0.493 e. The lowest BCUT2D eigenvalue weighted by Gasteiger charge is -2.11. The van der Waals surface area contributed by atoms with E-state index in [1.54, 1.807) is 6.07 Å². The monoisotopic (exact) mass is 248 g/mol. The van der Waals surface area contributed by atoms with Gasteiger partial charge in [0.2, 0.25) is 0 Å². The summed E-state index contributed by atoms with van der Waals surface area (Å²) in [6, 6.07) is 5.38. The standard InChI is InChI=1S/C15H20O3/c1-2-8-17-14-6-5-13(11-16)15(10-14)18-9-7-12-3-4-12/h5-6,10-12H,2-4,7-9H2,1H3. The molecule has 0 heterocycles. The van der Waals surface area contributed by atoms with Crippen molar-refractivity contribution in [3.8, 4) is 11.5 Å². The summed E-state index contributed by atoms with van der Waals surface area (Å²) in [5, 5.41) is 0. The Bertz CT molecular complexity index is 397. The number of hydrogen-bond donors (Lipinski definition) is 0. The first-order chi connectivity index (χ1) is 8.83. The summed E-state index contributed by atoms with van der Waals surface area (Å²) in [4.78, 5) is 10.9. The Hall–Kier alpha value is -1.51. The van der Waals surface area contributed by atoms with Gasteiger partial charge < -0.3 is 9.47 Å². The van der Waals surface area contributed by atoms with Gasteiger partial charge in [-0.15, -0.1) is 0 Å². The van der Waals surface area contributed by atoms with Crippen molar-refractivity contribution >= 4 is 6.29 Å². The summed E-state index contributed by atoms with van der Waals surface area (Å²) in [5.41, 5.74) is 0.592. The Labute approximate surface area is 108 Å². The van der Waals surface area contributed by atoms with Crippen molar-refractivity contribution < 1.29 is 14.3 Å². The van der Waals surface area contributed by atoms with E-state index in [2.05, 4.69) is 6.92 Å². The minimum atomic E-state index is 0.592. The quantitative estimate of drug-likeness (QED) is 0.661. The lowest BCUT2D eigenvalue weighted by atomic mass is 10.2. The zero-order chi connectivity index (χ0) is 12.8. The molecular formula is C15H20O3. The summed E-state index contributed by atoms with van der Waals surface area (Å²) in [6.07, 6.45) is 5.52. The molecule has 0 atom stereocenters.